The molecule has 0 unspecified atom stereocenters. The van der Waals surface area contributed by atoms with Crippen molar-refractivity contribution in [3.05, 3.63) is 0 Å². The van der Waals surface area contributed by atoms with Crippen molar-refractivity contribution in [1.29, 1.82) is 0 Å². The molecule has 0 saturated carbocycles. The Balaban J connectivity index is 2.69. The van der Waals surface area contributed by atoms with E-state index in [9.17, 15) is 0 Å². The quantitative estimate of drug-likeness (QED) is 0.424. The van der Waals surface area contributed by atoms with E-state index in [-0.39, 0.29) is 0 Å². The van der Waals surface area contributed by atoms with Crippen molar-refractivity contribution in [3.63, 3.8) is 0 Å². The minimum atomic E-state index is 0.984. The molecule has 0 atom stereocenters. The van der Waals surface area contributed by atoms with Crippen molar-refractivity contribution in [1.82, 2.24) is 10.9 Å². The average Bonchev–Trinajstić information content (AvgIpc) is 2.03. The van der Waals surface area contributed by atoms with E-state index in [2.05, 4.69) is 24.7 Å². The number of nitrogens with zero attached hydrogens (tertiary/aromatic N) is 1. The highest BCUT2D eigenvalue weighted by atomic mass is 15.3. The summed E-state index contributed by atoms with van der Waals surface area (Å²) in [5.41, 5.74) is 7.27. The predicted octanol–water partition coefficient (Wildman–Crippen LogP) is 2.09. The fourth-order valence-corrected chi connectivity index (χ4v) is 0.855. The molecule has 0 aliphatic rings. The van der Waals surface area contributed by atoms with Gasteiger partial charge >= 0.3 is 0 Å². The fraction of sp³-hybridized carbons (Fsp3) is 1.00. The first-order valence-electron chi connectivity index (χ1n) is 4.81. The van der Waals surface area contributed by atoms with E-state index in [4.69, 9.17) is 0 Å². The van der Waals surface area contributed by atoms with Crippen molar-refractivity contribution in [2.45, 2.75) is 46.0 Å². The second-order valence-corrected chi connectivity index (χ2v) is 2.85. The molecule has 0 aliphatic carbocycles. The van der Waals surface area contributed by atoms with Crippen LogP contribution in [0.25, 0.3) is 0 Å². The Morgan fingerprint density at radius 1 is 1.00 bits per heavy atom. The van der Waals surface area contributed by atoms with Crippen LogP contribution in [0, 0.1) is 0 Å². The summed E-state index contributed by atoms with van der Waals surface area (Å²) < 4.78 is 0. The highest BCUT2D eigenvalue weighted by molar-refractivity contribution is 4.43. The molecule has 0 aromatic rings. The molecule has 0 spiro atoms. The molecular weight excluding hydrogens is 136 g/mol. The van der Waals surface area contributed by atoms with Crippen molar-refractivity contribution >= 4 is 0 Å². The van der Waals surface area contributed by atoms with E-state index in [0.29, 0.717) is 0 Å². The van der Waals surface area contributed by atoms with Crippen LogP contribution >= 0.6 is 0 Å². The highest BCUT2D eigenvalue weighted by Crippen LogP contribution is 1.90. The summed E-state index contributed by atoms with van der Waals surface area (Å²) in [6, 6.07) is 0. The van der Waals surface area contributed by atoms with Gasteiger partial charge in [-0.3, -0.25) is 0 Å². The molecule has 0 amide bonds. The number of hydrogen-bond donors (Lipinski definition) is 1. The van der Waals surface area contributed by atoms with Crippen molar-refractivity contribution in [2.24, 2.45) is 0 Å². The zero-order valence-electron chi connectivity index (χ0n) is 7.90. The molecule has 0 rings (SSSR count). The van der Waals surface area contributed by atoms with Crippen molar-refractivity contribution in [3.8, 4) is 0 Å². The van der Waals surface area contributed by atoms with Gasteiger partial charge in [0.25, 0.3) is 0 Å². The van der Waals surface area contributed by atoms with E-state index in [1.807, 2.05) is 0 Å². The maximum Gasteiger partial charge on any atom is 0.0304 e. The third-order valence-corrected chi connectivity index (χ3v) is 1.63. The molecule has 1 radical (unpaired) electrons. The van der Waals surface area contributed by atoms with Gasteiger partial charge in [0.15, 0.2) is 0 Å². The third-order valence-electron chi connectivity index (χ3n) is 1.63. The Morgan fingerprint density at radius 3 is 2.36 bits per heavy atom. The van der Waals surface area contributed by atoms with Crippen LogP contribution in [0.3, 0.4) is 0 Å². The lowest BCUT2D eigenvalue weighted by Crippen LogP contribution is -2.26. The molecule has 0 aromatic carbocycles. The maximum atomic E-state index is 4.20. The number of rotatable bonds is 8. The second kappa shape index (κ2) is 9.92. The van der Waals surface area contributed by atoms with Gasteiger partial charge in [0.05, 0.1) is 0 Å². The van der Waals surface area contributed by atoms with Crippen LogP contribution in [0.1, 0.15) is 46.0 Å². The first-order valence-corrected chi connectivity index (χ1v) is 4.81. The monoisotopic (exact) mass is 157 g/mol. The second-order valence-electron chi connectivity index (χ2n) is 2.85. The van der Waals surface area contributed by atoms with Crippen LogP contribution in [0.15, 0.2) is 0 Å². The van der Waals surface area contributed by atoms with Crippen LogP contribution in [-0.4, -0.2) is 13.1 Å². The lowest BCUT2D eigenvalue weighted by atomic mass is 10.2. The standard InChI is InChI=1S/C9H21N2/c1-3-5-7-9-11-10-8-6-4-2/h10H,3-9H2,1-2H3. The van der Waals surface area contributed by atoms with Crippen LogP contribution < -0.4 is 10.9 Å². The van der Waals surface area contributed by atoms with E-state index < -0.39 is 0 Å². The molecule has 11 heavy (non-hydrogen) atoms. The van der Waals surface area contributed by atoms with Gasteiger partial charge in [-0.1, -0.05) is 33.1 Å². The molecular formula is C9H21N2. The normalized spacial score (nSPS) is 10.4. The topological polar surface area (TPSA) is 26.1 Å². The molecule has 0 heterocycles. The van der Waals surface area contributed by atoms with Crippen LogP contribution in [0.4, 0.5) is 0 Å². The molecule has 1 N–H and O–H groups in total. The van der Waals surface area contributed by atoms with Crippen LogP contribution in [0.5, 0.6) is 0 Å². The van der Waals surface area contributed by atoms with Gasteiger partial charge in [-0.2, -0.15) is 5.43 Å². The molecule has 67 valence electrons. The van der Waals surface area contributed by atoms with Gasteiger partial charge in [-0.25, -0.2) is 5.43 Å². The first kappa shape index (κ1) is 10.9. The van der Waals surface area contributed by atoms with Crippen LogP contribution in [-0.2, 0) is 0 Å². The Morgan fingerprint density at radius 2 is 1.73 bits per heavy atom. The summed E-state index contributed by atoms with van der Waals surface area (Å²) in [6.45, 7) is 6.43. The van der Waals surface area contributed by atoms with Gasteiger partial charge < -0.3 is 0 Å². The van der Waals surface area contributed by atoms with Crippen molar-refractivity contribution in [2.75, 3.05) is 13.1 Å². The Hall–Kier alpha value is -0.0800. The predicted molar refractivity (Wildman–Crippen MR) is 49.4 cm³/mol. The van der Waals surface area contributed by atoms with E-state index in [1.54, 1.807) is 0 Å². The first-order chi connectivity index (χ1) is 5.41. The lowest BCUT2D eigenvalue weighted by molar-refractivity contribution is 0.489. The van der Waals surface area contributed by atoms with E-state index in [0.717, 1.165) is 13.1 Å². The number of unbranched alkanes of at least 4 members (excludes halogenated alkanes) is 3. The molecule has 0 fully saturated rings. The van der Waals surface area contributed by atoms with Gasteiger partial charge in [0.2, 0.25) is 0 Å². The minimum absolute atomic E-state index is 0.984. The Bertz CT molecular complexity index is 56.6. The molecule has 2 nitrogen and oxygen atoms in total. The third kappa shape index (κ3) is 9.92. The summed E-state index contributed by atoms with van der Waals surface area (Å²) in [5.74, 6) is 0. The molecule has 0 aromatic heterocycles. The summed E-state index contributed by atoms with van der Waals surface area (Å²) in [7, 11) is 0. The largest absolute Gasteiger partial charge is 0.240 e. The summed E-state index contributed by atoms with van der Waals surface area (Å²) >= 11 is 0. The average molecular weight is 157 g/mol. The Kier molecular flexibility index (Phi) is 9.85. The summed E-state index contributed by atoms with van der Waals surface area (Å²) in [5, 5.41) is 0. The lowest BCUT2D eigenvalue weighted by Gasteiger charge is -2.02. The van der Waals surface area contributed by atoms with Gasteiger partial charge in [0.1, 0.15) is 0 Å². The fourth-order valence-electron chi connectivity index (χ4n) is 0.855. The summed E-state index contributed by atoms with van der Waals surface area (Å²) in [4.78, 5) is 0. The zero-order chi connectivity index (χ0) is 8.36. The van der Waals surface area contributed by atoms with Gasteiger partial charge in [-0.15, -0.1) is 0 Å². The minimum Gasteiger partial charge on any atom is -0.240 e. The van der Waals surface area contributed by atoms with E-state index in [1.165, 1.54) is 32.1 Å². The zero-order valence-corrected chi connectivity index (χ0v) is 7.90. The molecule has 0 aliphatic heterocycles. The highest BCUT2D eigenvalue weighted by Gasteiger charge is 1.87. The maximum absolute atomic E-state index is 4.20. The molecule has 0 bridgehead atoms. The molecule has 0 saturated heterocycles. The number of hydrogen-bond acceptors (Lipinski definition) is 1. The van der Waals surface area contributed by atoms with E-state index >= 15 is 0 Å². The Labute approximate surface area is 70.7 Å². The SMILES string of the molecule is CCCCC[N]NCCCC. The van der Waals surface area contributed by atoms with Gasteiger partial charge in [0, 0.05) is 13.1 Å². The van der Waals surface area contributed by atoms with Crippen LogP contribution in [0.2, 0.25) is 0 Å². The number of nitrogens with one attached hydrogen (secondary N) is 1. The summed E-state index contributed by atoms with van der Waals surface area (Å²) in [6.07, 6.45) is 6.30. The smallest absolute Gasteiger partial charge is 0.0304 e. The van der Waals surface area contributed by atoms with Crippen molar-refractivity contribution < 1.29 is 0 Å². The van der Waals surface area contributed by atoms with Gasteiger partial charge in [-0.05, 0) is 12.8 Å². The molecule has 2 heteroatoms.